The summed E-state index contributed by atoms with van der Waals surface area (Å²) in [5, 5.41) is 0. The van der Waals surface area contributed by atoms with Crippen molar-refractivity contribution in [1.82, 2.24) is 0 Å². The quantitative estimate of drug-likeness (QED) is 0.436. The molecule has 29 heavy (non-hydrogen) atoms. The monoisotopic (exact) mass is 387 g/mol. The van der Waals surface area contributed by atoms with Crippen molar-refractivity contribution >= 4 is 11.4 Å². The number of benzene rings is 3. The van der Waals surface area contributed by atoms with E-state index in [1.165, 1.54) is 22.4 Å². The van der Waals surface area contributed by atoms with Crippen LogP contribution in [0.5, 0.6) is 0 Å². The number of hydrogen-bond donors (Lipinski definition) is 0. The van der Waals surface area contributed by atoms with E-state index in [1.54, 1.807) is 6.07 Å². The summed E-state index contributed by atoms with van der Waals surface area (Å²) < 4.78 is 15.0. The van der Waals surface area contributed by atoms with Gasteiger partial charge in [-0.2, -0.15) is 0 Å². The first-order chi connectivity index (χ1) is 13.5. The van der Waals surface area contributed by atoms with Crippen molar-refractivity contribution in [2.24, 2.45) is 0 Å². The second-order valence-corrected chi connectivity index (χ2v) is 9.76. The fourth-order valence-corrected chi connectivity index (χ4v) is 4.79. The largest absolute Gasteiger partial charge is 0.336 e. The maximum absolute atomic E-state index is 15.0. The summed E-state index contributed by atoms with van der Waals surface area (Å²) in [6.45, 7) is 15.4. The predicted molar refractivity (Wildman–Crippen MR) is 122 cm³/mol. The van der Waals surface area contributed by atoms with Crippen LogP contribution in [-0.4, -0.2) is 5.54 Å². The number of rotatable bonds is 2. The highest BCUT2D eigenvalue weighted by Gasteiger charge is 2.38. The second-order valence-electron chi connectivity index (χ2n) is 9.76. The Morgan fingerprint density at radius 2 is 1.48 bits per heavy atom. The predicted octanol–water partition coefficient (Wildman–Crippen LogP) is 7.69. The van der Waals surface area contributed by atoms with Gasteiger partial charge in [-0.1, -0.05) is 50.2 Å². The topological polar surface area (TPSA) is 3.24 Å². The van der Waals surface area contributed by atoms with Crippen LogP contribution >= 0.6 is 0 Å². The maximum Gasteiger partial charge on any atom is 0.131 e. The smallest absolute Gasteiger partial charge is 0.131 e. The molecule has 150 valence electrons. The molecule has 3 aromatic rings. The Labute approximate surface area is 174 Å². The van der Waals surface area contributed by atoms with Crippen LogP contribution in [0.1, 0.15) is 56.9 Å². The van der Waals surface area contributed by atoms with E-state index in [9.17, 15) is 4.39 Å². The number of nitrogens with zero attached hydrogens (tertiary/aromatic N) is 1. The molecule has 0 aromatic heterocycles. The van der Waals surface area contributed by atoms with E-state index < -0.39 is 0 Å². The molecular formula is C27H30FN. The first-order valence-electron chi connectivity index (χ1n) is 10.3. The number of halogens is 1. The molecule has 0 bridgehead atoms. The zero-order valence-corrected chi connectivity index (χ0v) is 18.5. The van der Waals surface area contributed by atoms with Crippen LogP contribution in [0.25, 0.3) is 11.1 Å². The van der Waals surface area contributed by atoms with Crippen LogP contribution in [-0.2, 0) is 5.41 Å². The summed E-state index contributed by atoms with van der Waals surface area (Å²) in [6.07, 6.45) is 0. The number of aryl methyl sites for hydroxylation is 2. The van der Waals surface area contributed by atoms with Gasteiger partial charge in [-0.25, -0.2) is 4.39 Å². The first-order valence-corrected chi connectivity index (χ1v) is 10.3. The zero-order chi connectivity index (χ0) is 21.1. The fourth-order valence-electron chi connectivity index (χ4n) is 4.79. The molecular weight excluding hydrogens is 357 g/mol. The van der Waals surface area contributed by atoms with E-state index >= 15 is 0 Å². The van der Waals surface area contributed by atoms with Crippen molar-refractivity contribution in [2.45, 2.75) is 59.4 Å². The molecule has 0 amide bonds. The van der Waals surface area contributed by atoms with E-state index in [1.807, 2.05) is 6.07 Å². The lowest BCUT2D eigenvalue weighted by molar-refractivity contribution is 0.558. The minimum absolute atomic E-state index is 0.128. The molecule has 0 atom stereocenters. The molecule has 1 aliphatic carbocycles. The molecule has 0 N–H and O–H groups in total. The molecule has 4 rings (SSSR count). The summed E-state index contributed by atoms with van der Waals surface area (Å²) >= 11 is 0. The summed E-state index contributed by atoms with van der Waals surface area (Å²) in [4.78, 5) is 2.39. The molecule has 3 aromatic carbocycles. The summed E-state index contributed by atoms with van der Waals surface area (Å²) in [5.74, 6) is -0.137. The van der Waals surface area contributed by atoms with Crippen molar-refractivity contribution in [1.29, 1.82) is 0 Å². The van der Waals surface area contributed by atoms with Crippen LogP contribution < -0.4 is 4.90 Å². The first kappa shape index (κ1) is 19.7. The molecule has 0 saturated carbocycles. The Morgan fingerprint density at radius 3 is 2.14 bits per heavy atom. The molecule has 0 unspecified atom stereocenters. The third-order valence-corrected chi connectivity index (χ3v) is 6.23. The van der Waals surface area contributed by atoms with Crippen molar-refractivity contribution in [2.75, 3.05) is 4.90 Å². The number of hydrogen-bond acceptors (Lipinski definition) is 1. The average molecular weight is 388 g/mol. The van der Waals surface area contributed by atoms with Gasteiger partial charge in [0.25, 0.3) is 0 Å². The Bertz CT molecular complexity index is 1100. The lowest BCUT2D eigenvalue weighted by Gasteiger charge is -2.40. The summed E-state index contributed by atoms with van der Waals surface area (Å²) in [6, 6.07) is 18.4. The lowest BCUT2D eigenvalue weighted by atomic mass is 9.82. The molecule has 0 saturated heterocycles. The van der Waals surface area contributed by atoms with E-state index in [0.717, 1.165) is 22.4 Å². The summed E-state index contributed by atoms with van der Waals surface area (Å²) in [7, 11) is 0. The van der Waals surface area contributed by atoms with Crippen molar-refractivity contribution in [3.8, 4) is 11.1 Å². The van der Waals surface area contributed by atoms with Gasteiger partial charge in [-0.3, -0.25) is 0 Å². The minimum Gasteiger partial charge on any atom is -0.336 e. The Balaban J connectivity index is 2.02. The third kappa shape index (κ3) is 2.97. The van der Waals surface area contributed by atoms with Crippen LogP contribution in [0.4, 0.5) is 15.8 Å². The van der Waals surface area contributed by atoms with Gasteiger partial charge >= 0.3 is 0 Å². The SMILES string of the molecule is Cc1ccccc1N(c1cc2c(cc1C)C(C)(C)c1cccc(F)c1-2)C(C)(C)C. The van der Waals surface area contributed by atoms with Crippen molar-refractivity contribution in [3.63, 3.8) is 0 Å². The van der Waals surface area contributed by atoms with Gasteiger partial charge in [0.2, 0.25) is 0 Å². The Kier molecular flexibility index (Phi) is 4.38. The number of anilines is 2. The standard InChI is InChI=1S/C27H30FN/c1-17-11-8-9-14-23(17)29(26(3,4)5)24-16-19-21(15-18(24)2)27(6,7)20-12-10-13-22(28)25(19)20/h8-16H,1-7H3. The van der Waals surface area contributed by atoms with E-state index in [4.69, 9.17) is 0 Å². The molecule has 1 nitrogen and oxygen atoms in total. The molecule has 0 fully saturated rings. The van der Waals surface area contributed by atoms with Crippen LogP contribution in [0, 0.1) is 19.7 Å². The van der Waals surface area contributed by atoms with Gasteiger partial charge in [0.05, 0.1) is 0 Å². The second kappa shape index (κ2) is 6.45. The van der Waals surface area contributed by atoms with E-state index in [2.05, 4.69) is 95.8 Å². The van der Waals surface area contributed by atoms with Crippen LogP contribution in [0.2, 0.25) is 0 Å². The van der Waals surface area contributed by atoms with Crippen LogP contribution in [0.3, 0.4) is 0 Å². The Hall–Kier alpha value is -2.61. The van der Waals surface area contributed by atoms with Crippen LogP contribution in [0.15, 0.2) is 54.6 Å². The van der Waals surface area contributed by atoms with E-state index in [0.29, 0.717) is 0 Å². The zero-order valence-electron chi connectivity index (χ0n) is 18.5. The molecule has 0 radical (unpaired) electrons. The molecule has 2 heteroatoms. The molecule has 0 heterocycles. The highest BCUT2D eigenvalue weighted by Crippen LogP contribution is 2.52. The molecule has 1 aliphatic rings. The summed E-state index contributed by atoms with van der Waals surface area (Å²) in [5.41, 5.74) is 8.49. The normalized spacial score (nSPS) is 14.5. The maximum atomic E-state index is 15.0. The van der Waals surface area contributed by atoms with Gasteiger partial charge in [0, 0.05) is 27.9 Å². The highest BCUT2D eigenvalue weighted by molar-refractivity contribution is 5.86. The average Bonchev–Trinajstić information content (AvgIpc) is 2.84. The number of fused-ring (bicyclic) bond motifs is 3. The number of para-hydroxylation sites is 1. The van der Waals surface area contributed by atoms with Crippen molar-refractivity contribution < 1.29 is 4.39 Å². The van der Waals surface area contributed by atoms with Gasteiger partial charge in [-0.15, -0.1) is 0 Å². The van der Waals surface area contributed by atoms with Crippen molar-refractivity contribution in [3.05, 3.63) is 82.7 Å². The lowest BCUT2D eigenvalue weighted by Crippen LogP contribution is -2.38. The molecule has 0 aliphatic heterocycles. The fraction of sp³-hybridized carbons (Fsp3) is 0.333. The third-order valence-electron chi connectivity index (χ3n) is 6.23. The van der Waals surface area contributed by atoms with E-state index in [-0.39, 0.29) is 16.8 Å². The highest BCUT2D eigenvalue weighted by atomic mass is 19.1. The molecule has 0 spiro atoms. The Morgan fingerprint density at radius 1 is 0.793 bits per heavy atom. The van der Waals surface area contributed by atoms with Gasteiger partial charge in [-0.05, 0) is 80.6 Å². The minimum atomic E-state index is -0.203. The van der Waals surface area contributed by atoms with Gasteiger partial charge in [0.1, 0.15) is 5.82 Å². The van der Waals surface area contributed by atoms with Gasteiger partial charge in [0.15, 0.2) is 0 Å². The van der Waals surface area contributed by atoms with Gasteiger partial charge < -0.3 is 4.90 Å².